The summed E-state index contributed by atoms with van der Waals surface area (Å²) in [5, 5.41) is 6.69. The average molecular weight is 305 g/mol. The maximum Gasteiger partial charge on any atom is 0.191 e. The van der Waals surface area contributed by atoms with Crippen LogP contribution in [0.15, 0.2) is 29.3 Å². The zero-order valence-electron chi connectivity index (χ0n) is 14.3. The van der Waals surface area contributed by atoms with Crippen LogP contribution in [-0.4, -0.2) is 26.2 Å². The average Bonchev–Trinajstić information content (AvgIpc) is 2.54. The molecule has 0 amide bonds. The lowest BCUT2D eigenvalue weighted by Crippen LogP contribution is -2.37. The van der Waals surface area contributed by atoms with Gasteiger partial charge < -0.3 is 15.4 Å². The second-order valence-corrected chi connectivity index (χ2v) is 5.43. The Kier molecular flexibility index (Phi) is 10.1. The molecule has 0 saturated heterocycles. The van der Waals surface area contributed by atoms with E-state index in [1.807, 2.05) is 0 Å². The van der Waals surface area contributed by atoms with Crippen LogP contribution in [0.2, 0.25) is 0 Å². The maximum absolute atomic E-state index is 5.12. The topological polar surface area (TPSA) is 45.7 Å². The van der Waals surface area contributed by atoms with Crippen molar-refractivity contribution in [1.29, 1.82) is 0 Å². The van der Waals surface area contributed by atoms with Gasteiger partial charge in [-0.25, -0.2) is 4.99 Å². The predicted molar refractivity (Wildman–Crippen MR) is 94.1 cm³/mol. The summed E-state index contributed by atoms with van der Waals surface area (Å²) in [6, 6.07) is 8.42. The molecule has 0 fully saturated rings. The van der Waals surface area contributed by atoms with Crippen molar-refractivity contribution >= 4 is 5.96 Å². The lowest BCUT2D eigenvalue weighted by Gasteiger charge is -2.11. The van der Waals surface area contributed by atoms with Crippen molar-refractivity contribution in [3.63, 3.8) is 0 Å². The van der Waals surface area contributed by atoms with Gasteiger partial charge in [0.25, 0.3) is 0 Å². The number of hydrogen-bond donors (Lipinski definition) is 2. The molecule has 0 saturated carbocycles. The van der Waals surface area contributed by atoms with E-state index in [9.17, 15) is 0 Å². The number of rotatable bonds is 10. The number of guanidine groups is 1. The number of methoxy groups -OCH3 is 1. The molecule has 4 heteroatoms. The predicted octanol–water partition coefficient (Wildman–Crippen LogP) is 3.47. The summed E-state index contributed by atoms with van der Waals surface area (Å²) < 4.78 is 5.12. The van der Waals surface area contributed by atoms with Crippen molar-refractivity contribution in [3.8, 4) is 0 Å². The first-order valence-electron chi connectivity index (χ1n) is 8.39. The van der Waals surface area contributed by atoms with E-state index in [1.165, 1.54) is 36.8 Å². The van der Waals surface area contributed by atoms with Crippen LogP contribution in [0.4, 0.5) is 0 Å². The highest BCUT2D eigenvalue weighted by Gasteiger charge is 1.98. The van der Waals surface area contributed by atoms with E-state index in [4.69, 9.17) is 4.74 Å². The molecule has 124 valence electrons. The minimum absolute atomic E-state index is 0.658. The molecule has 0 aromatic heterocycles. The van der Waals surface area contributed by atoms with E-state index in [-0.39, 0.29) is 0 Å². The van der Waals surface area contributed by atoms with E-state index >= 15 is 0 Å². The van der Waals surface area contributed by atoms with Gasteiger partial charge in [0, 0.05) is 20.2 Å². The lowest BCUT2D eigenvalue weighted by atomic mass is 10.1. The normalized spacial score (nSPS) is 11.5. The van der Waals surface area contributed by atoms with Crippen molar-refractivity contribution < 1.29 is 4.74 Å². The van der Waals surface area contributed by atoms with Gasteiger partial charge in [0.2, 0.25) is 0 Å². The van der Waals surface area contributed by atoms with Gasteiger partial charge in [0.05, 0.1) is 13.2 Å². The fraction of sp³-hybridized carbons (Fsp3) is 0.611. The summed E-state index contributed by atoms with van der Waals surface area (Å²) in [6.07, 6.45) is 5.06. The molecule has 0 unspecified atom stereocenters. The molecule has 2 N–H and O–H groups in total. The SMILES string of the molecule is CCCCCCNC(=NCc1ccc(COC)cc1)NCC. The monoisotopic (exact) mass is 305 g/mol. The molecule has 0 aliphatic heterocycles. The molecular formula is C18H31N3O. The van der Waals surface area contributed by atoms with Crippen LogP contribution in [0.25, 0.3) is 0 Å². The summed E-state index contributed by atoms with van der Waals surface area (Å²) >= 11 is 0. The van der Waals surface area contributed by atoms with Gasteiger partial charge in [-0.15, -0.1) is 0 Å². The number of nitrogens with zero attached hydrogens (tertiary/aromatic N) is 1. The standard InChI is InChI=1S/C18H31N3O/c1-4-6-7-8-13-20-18(19-5-2)21-14-16-9-11-17(12-10-16)15-22-3/h9-12H,4-8,13-15H2,1-3H3,(H2,19,20,21). The minimum atomic E-state index is 0.658. The number of hydrogen-bond acceptors (Lipinski definition) is 2. The number of aliphatic imine (C=N–C) groups is 1. The quantitative estimate of drug-likeness (QED) is 0.395. The molecule has 22 heavy (non-hydrogen) atoms. The van der Waals surface area contributed by atoms with Crippen LogP contribution >= 0.6 is 0 Å². The van der Waals surface area contributed by atoms with Crippen LogP contribution in [-0.2, 0) is 17.9 Å². The molecular weight excluding hydrogens is 274 g/mol. The Morgan fingerprint density at radius 3 is 2.36 bits per heavy atom. The van der Waals surface area contributed by atoms with Gasteiger partial charge in [-0.1, -0.05) is 50.5 Å². The Hall–Kier alpha value is -1.55. The van der Waals surface area contributed by atoms with Crippen LogP contribution in [0.3, 0.4) is 0 Å². The summed E-state index contributed by atoms with van der Waals surface area (Å²) in [6.45, 7) is 7.54. The molecule has 0 aliphatic rings. The van der Waals surface area contributed by atoms with Gasteiger partial charge in [-0.05, 0) is 24.5 Å². The lowest BCUT2D eigenvalue weighted by molar-refractivity contribution is 0.185. The second kappa shape index (κ2) is 12.0. The third kappa shape index (κ3) is 8.03. The third-order valence-electron chi connectivity index (χ3n) is 3.42. The Labute approximate surface area is 135 Å². The summed E-state index contributed by atoms with van der Waals surface area (Å²) in [5.41, 5.74) is 2.40. The fourth-order valence-corrected chi connectivity index (χ4v) is 2.18. The van der Waals surface area contributed by atoms with Gasteiger partial charge in [0.1, 0.15) is 0 Å². The van der Waals surface area contributed by atoms with Gasteiger partial charge in [-0.3, -0.25) is 0 Å². The van der Waals surface area contributed by atoms with Crippen molar-refractivity contribution in [2.45, 2.75) is 52.7 Å². The summed E-state index contributed by atoms with van der Waals surface area (Å²) in [5.74, 6) is 0.903. The third-order valence-corrected chi connectivity index (χ3v) is 3.42. The maximum atomic E-state index is 5.12. The van der Waals surface area contributed by atoms with Crippen LogP contribution in [0.1, 0.15) is 50.7 Å². The molecule has 1 aromatic rings. The zero-order chi connectivity index (χ0) is 16.0. The Balaban J connectivity index is 2.43. The highest BCUT2D eigenvalue weighted by atomic mass is 16.5. The van der Waals surface area contributed by atoms with E-state index in [2.05, 4.69) is 53.7 Å². The molecule has 0 spiro atoms. The van der Waals surface area contributed by atoms with E-state index < -0.39 is 0 Å². The van der Waals surface area contributed by atoms with Gasteiger partial charge in [-0.2, -0.15) is 0 Å². The first-order chi connectivity index (χ1) is 10.8. The van der Waals surface area contributed by atoms with E-state index in [1.54, 1.807) is 7.11 Å². The van der Waals surface area contributed by atoms with Crippen LogP contribution in [0, 0.1) is 0 Å². The molecule has 0 heterocycles. The van der Waals surface area contributed by atoms with E-state index in [0.717, 1.165) is 19.0 Å². The van der Waals surface area contributed by atoms with Crippen molar-refractivity contribution in [1.82, 2.24) is 10.6 Å². The molecule has 1 rings (SSSR count). The molecule has 4 nitrogen and oxygen atoms in total. The van der Waals surface area contributed by atoms with Crippen molar-refractivity contribution in [2.24, 2.45) is 4.99 Å². The Bertz CT molecular complexity index is 415. The highest BCUT2D eigenvalue weighted by Crippen LogP contribution is 2.06. The van der Waals surface area contributed by atoms with Gasteiger partial charge >= 0.3 is 0 Å². The number of benzene rings is 1. The number of ether oxygens (including phenoxy) is 1. The Morgan fingerprint density at radius 2 is 1.73 bits per heavy atom. The molecule has 1 aromatic carbocycles. The zero-order valence-corrected chi connectivity index (χ0v) is 14.3. The van der Waals surface area contributed by atoms with E-state index in [0.29, 0.717) is 13.2 Å². The number of nitrogens with one attached hydrogen (secondary N) is 2. The second-order valence-electron chi connectivity index (χ2n) is 5.43. The Morgan fingerprint density at radius 1 is 1.00 bits per heavy atom. The summed E-state index contributed by atoms with van der Waals surface area (Å²) in [7, 11) is 1.72. The van der Waals surface area contributed by atoms with Crippen molar-refractivity contribution in [2.75, 3.05) is 20.2 Å². The largest absolute Gasteiger partial charge is 0.380 e. The minimum Gasteiger partial charge on any atom is -0.380 e. The van der Waals surface area contributed by atoms with Crippen molar-refractivity contribution in [3.05, 3.63) is 35.4 Å². The fourth-order valence-electron chi connectivity index (χ4n) is 2.18. The highest BCUT2D eigenvalue weighted by molar-refractivity contribution is 5.79. The van der Waals surface area contributed by atoms with Crippen LogP contribution < -0.4 is 10.6 Å². The first-order valence-corrected chi connectivity index (χ1v) is 8.39. The van der Waals surface area contributed by atoms with Gasteiger partial charge in [0.15, 0.2) is 5.96 Å². The first kappa shape index (κ1) is 18.5. The van der Waals surface area contributed by atoms with Crippen LogP contribution in [0.5, 0.6) is 0 Å². The molecule has 0 radical (unpaired) electrons. The molecule has 0 aliphatic carbocycles. The number of unbranched alkanes of at least 4 members (excludes halogenated alkanes) is 3. The summed E-state index contributed by atoms with van der Waals surface area (Å²) in [4.78, 5) is 4.64. The smallest absolute Gasteiger partial charge is 0.191 e. The molecule has 0 bridgehead atoms. The molecule has 0 atom stereocenters.